The number of carbonyl (C=O) groups excluding carboxylic acids is 1. The summed E-state index contributed by atoms with van der Waals surface area (Å²) in [5.41, 5.74) is 1.13. The monoisotopic (exact) mass is 378 g/mol. The zero-order valence-electron chi connectivity index (χ0n) is 15.7. The van der Waals surface area contributed by atoms with Crippen LogP contribution in [0.4, 0.5) is 0 Å². The maximum atomic E-state index is 12.8. The first-order chi connectivity index (χ1) is 12.5. The number of hydrogen-bond donors (Lipinski definition) is 0. The topological polar surface area (TPSA) is 57.7 Å². The normalized spacial score (nSPS) is 20.7. The molecule has 5 nitrogen and oxygen atoms in total. The fourth-order valence-corrected chi connectivity index (χ4v) is 5.41. The molecule has 1 aromatic carbocycles. The Morgan fingerprint density at radius 3 is 2.08 bits per heavy atom. The average Bonchev–Trinajstić information content (AvgIpc) is 2.97. The molecule has 3 rings (SSSR count). The molecule has 0 aromatic heterocycles. The van der Waals surface area contributed by atoms with E-state index in [2.05, 4.69) is 6.92 Å². The molecule has 2 aliphatic heterocycles. The smallest absolute Gasteiger partial charge is 0.243 e. The number of benzene rings is 1. The van der Waals surface area contributed by atoms with Crippen molar-refractivity contribution in [2.45, 2.75) is 56.8 Å². The highest BCUT2D eigenvalue weighted by Gasteiger charge is 2.33. The van der Waals surface area contributed by atoms with E-state index in [0.717, 1.165) is 37.9 Å². The van der Waals surface area contributed by atoms with E-state index in [0.29, 0.717) is 30.8 Å². The lowest BCUT2D eigenvalue weighted by atomic mass is 9.96. The van der Waals surface area contributed by atoms with Gasteiger partial charge in [-0.05, 0) is 49.8 Å². The number of carbonyl (C=O) groups is 1. The Kier molecular flexibility index (Phi) is 6.35. The Balaban J connectivity index is 1.60. The van der Waals surface area contributed by atoms with E-state index in [9.17, 15) is 13.2 Å². The van der Waals surface area contributed by atoms with Crippen LogP contribution < -0.4 is 0 Å². The molecule has 1 amide bonds. The SMILES string of the molecule is CCc1ccc(S(=O)(=O)N2CCC(C(=O)N3CCCCCC3)CC2)cc1. The Bertz CT molecular complexity index is 699. The van der Waals surface area contributed by atoms with Crippen LogP contribution in [0.3, 0.4) is 0 Å². The van der Waals surface area contributed by atoms with Gasteiger partial charge in [0.25, 0.3) is 0 Å². The summed E-state index contributed by atoms with van der Waals surface area (Å²) in [6, 6.07) is 7.15. The van der Waals surface area contributed by atoms with Gasteiger partial charge >= 0.3 is 0 Å². The summed E-state index contributed by atoms with van der Waals surface area (Å²) in [5, 5.41) is 0. The lowest BCUT2D eigenvalue weighted by molar-refractivity contribution is -0.136. The van der Waals surface area contributed by atoms with E-state index >= 15 is 0 Å². The highest BCUT2D eigenvalue weighted by molar-refractivity contribution is 7.89. The average molecular weight is 379 g/mol. The van der Waals surface area contributed by atoms with Crippen LogP contribution in [0.15, 0.2) is 29.2 Å². The lowest BCUT2D eigenvalue weighted by Gasteiger charge is -2.33. The van der Waals surface area contributed by atoms with Gasteiger partial charge in [-0.2, -0.15) is 4.31 Å². The van der Waals surface area contributed by atoms with Crippen molar-refractivity contribution in [3.8, 4) is 0 Å². The maximum Gasteiger partial charge on any atom is 0.243 e. The Morgan fingerprint density at radius 1 is 0.962 bits per heavy atom. The van der Waals surface area contributed by atoms with Gasteiger partial charge in [0.1, 0.15) is 0 Å². The van der Waals surface area contributed by atoms with Crippen molar-refractivity contribution < 1.29 is 13.2 Å². The van der Waals surface area contributed by atoms with Crippen molar-refractivity contribution in [3.05, 3.63) is 29.8 Å². The van der Waals surface area contributed by atoms with Gasteiger partial charge in [0, 0.05) is 32.1 Å². The zero-order chi connectivity index (χ0) is 18.6. The molecule has 2 aliphatic rings. The number of piperidine rings is 1. The van der Waals surface area contributed by atoms with Crippen LogP contribution >= 0.6 is 0 Å². The molecule has 2 fully saturated rings. The molecule has 1 aromatic rings. The largest absolute Gasteiger partial charge is 0.342 e. The Labute approximate surface area is 157 Å². The zero-order valence-corrected chi connectivity index (χ0v) is 16.5. The fourth-order valence-electron chi connectivity index (χ4n) is 3.94. The number of amides is 1. The summed E-state index contributed by atoms with van der Waals surface area (Å²) >= 11 is 0. The molecule has 0 atom stereocenters. The molecule has 0 unspecified atom stereocenters. The quantitative estimate of drug-likeness (QED) is 0.809. The van der Waals surface area contributed by atoms with E-state index in [4.69, 9.17) is 0 Å². The molecule has 0 N–H and O–H groups in total. The van der Waals surface area contributed by atoms with Crippen LogP contribution in [0, 0.1) is 5.92 Å². The highest BCUT2D eigenvalue weighted by atomic mass is 32.2. The molecule has 26 heavy (non-hydrogen) atoms. The third-order valence-corrected chi connectivity index (χ3v) is 7.60. The first kappa shape index (κ1) is 19.4. The third-order valence-electron chi connectivity index (χ3n) is 5.69. The van der Waals surface area contributed by atoms with E-state index < -0.39 is 10.0 Å². The minimum absolute atomic E-state index is 0.0259. The summed E-state index contributed by atoms with van der Waals surface area (Å²) in [4.78, 5) is 15.1. The molecule has 0 radical (unpaired) electrons. The molecule has 144 valence electrons. The van der Waals surface area contributed by atoms with Crippen molar-refractivity contribution in [2.75, 3.05) is 26.2 Å². The predicted molar refractivity (Wildman–Crippen MR) is 102 cm³/mol. The van der Waals surface area contributed by atoms with Gasteiger partial charge in [-0.3, -0.25) is 4.79 Å². The fraction of sp³-hybridized carbons (Fsp3) is 0.650. The predicted octanol–water partition coefficient (Wildman–Crippen LogP) is 3.05. The van der Waals surface area contributed by atoms with Crippen LogP contribution in [0.25, 0.3) is 0 Å². The van der Waals surface area contributed by atoms with Crippen LogP contribution in [0.2, 0.25) is 0 Å². The second-order valence-corrected chi connectivity index (χ2v) is 9.35. The van der Waals surface area contributed by atoms with Gasteiger partial charge in [0.2, 0.25) is 15.9 Å². The number of sulfonamides is 1. The number of aryl methyl sites for hydroxylation is 1. The van der Waals surface area contributed by atoms with Gasteiger partial charge < -0.3 is 4.90 Å². The van der Waals surface area contributed by atoms with Crippen LogP contribution in [-0.4, -0.2) is 49.7 Å². The molecule has 0 aliphatic carbocycles. The second-order valence-electron chi connectivity index (χ2n) is 7.42. The summed E-state index contributed by atoms with van der Waals surface area (Å²) in [6.45, 7) is 4.64. The number of nitrogens with zero attached hydrogens (tertiary/aromatic N) is 2. The molecule has 2 saturated heterocycles. The minimum Gasteiger partial charge on any atom is -0.342 e. The molecule has 0 spiro atoms. The van der Waals surface area contributed by atoms with Gasteiger partial charge in [-0.1, -0.05) is 31.9 Å². The molecular weight excluding hydrogens is 348 g/mol. The van der Waals surface area contributed by atoms with E-state index in [1.807, 2.05) is 17.0 Å². The number of rotatable bonds is 4. The van der Waals surface area contributed by atoms with Crippen molar-refractivity contribution in [1.29, 1.82) is 0 Å². The standard InChI is InChI=1S/C20H30N2O3S/c1-2-17-7-9-19(10-8-17)26(24,25)22-15-11-18(12-16-22)20(23)21-13-5-3-4-6-14-21/h7-10,18H,2-6,11-16H2,1H3. The molecule has 0 bridgehead atoms. The number of likely N-dealkylation sites (tertiary alicyclic amines) is 1. The number of hydrogen-bond acceptors (Lipinski definition) is 3. The van der Waals surface area contributed by atoms with Crippen molar-refractivity contribution in [3.63, 3.8) is 0 Å². The van der Waals surface area contributed by atoms with Crippen molar-refractivity contribution in [1.82, 2.24) is 9.21 Å². The Hall–Kier alpha value is -1.40. The maximum absolute atomic E-state index is 12.8. The van der Waals surface area contributed by atoms with E-state index in [1.165, 1.54) is 12.8 Å². The van der Waals surface area contributed by atoms with Crippen molar-refractivity contribution >= 4 is 15.9 Å². The van der Waals surface area contributed by atoms with Gasteiger partial charge in [-0.25, -0.2) is 8.42 Å². The van der Waals surface area contributed by atoms with Crippen LogP contribution in [-0.2, 0) is 21.2 Å². The minimum atomic E-state index is -3.46. The van der Waals surface area contributed by atoms with Crippen molar-refractivity contribution in [2.24, 2.45) is 5.92 Å². The molecule has 6 heteroatoms. The molecule has 0 saturated carbocycles. The van der Waals surface area contributed by atoms with E-state index in [-0.39, 0.29) is 11.8 Å². The Morgan fingerprint density at radius 2 is 1.54 bits per heavy atom. The van der Waals surface area contributed by atoms with Gasteiger partial charge in [-0.15, -0.1) is 0 Å². The summed E-state index contributed by atoms with van der Waals surface area (Å²) in [6.07, 6.45) is 6.74. The van der Waals surface area contributed by atoms with Gasteiger partial charge in [0.15, 0.2) is 0 Å². The molecule has 2 heterocycles. The summed E-state index contributed by atoms with van der Waals surface area (Å²) in [5.74, 6) is 0.207. The van der Waals surface area contributed by atoms with E-state index in [1.54, 1.807) is 16.4 Å². The van der Waals surface area contributed by atoms with Crippen LogP contribution in [0.5, 0.6) is 0 Å². The summed E-state index contributed by atoms with van der Waals surface area (Å²) < 4.78 is 27.2. The first-order valence-corrected chi connectivity index (χ1v) is 11.3. The second kappa shape index (κ2) is 8.53. The third kappa shape index (κ3) is 4.29. The first-order valence-electron chi connectivity index (χ1n) is 9.90. The molecular formula is C20H30N2O3S. The lowest BCUT2D eigenvalue weighted by Crippen LogP contribution is -2.44. The van der Waals surface area contributed by atoms with Gasteiger partial charge in [0.05, 0.1) is 4.90 Å². The summed E-state index contributed by atoms with van der Waals surface area (Å²) in [7, 11) is -3.46. The highest BCUT2D eigenvalue weighted by Crippen LogP contribution is 2.26. The van der Waals surface area contributed by atoms with Crippen LogP contribution in [0.1, 0.15) is 51.0 Å².